The van der Waals surface area contributed by atoms with Gasteiger partial charge in [0.2, 0.25) is 0 Å². The Morgan fingerprint density at radius 1 is 1.07 bits per heavy atom. The summed E-state index contributed by atoms with van der Waals surface area (Å²) in [6.07, 6.45) is 4.40. The molecule has 4 N–H and O–H groups in total. The van der Waals surface area contributed by atoms with Crippen molar-refractivity contribution in [2.45, 2.75) is 78.1 Å². The Hall–Kier alpha value is -3.77. The third-order valence-corrected chi connectivity index (χ3v) is 7.14. The van der Waals surface area contributed by atoms with E-state index in [-0.39, 0.29) is 36.2 Å². The van der Waals surface area contributed by atoms with E-state index >= 15 is 0 Å². The van der Waals surface area contributed by atoms with Crippen LogP contribution in [-0.2, 0) is 32.5 Å². The van der Waals surface area contributed by atoms with Gasteiger partial charge >= 0.3 is 11.7 Å². The lowest BCUT2D eigenvalue weighted by molar-refractivity contribution is 0.167. The van der Waals surface area contributed by atoms with Crippen molar-refractivity contribution in [1.82, 2.24) is 29.2 Å². The van der Waals surface area contributed by atoms with Crippen LogP contribution in [0, 0.1) is 6.01 Å². The number of aryl methyl sites for hydroxylation is 2. The minimum absolute atomic E-state index is 0.0245. The van der Waals surface area contributed by atoms with Gasteiger partial charge in [-0.1, -0.05) is 50.0 Å². The largest absolute Gasteiger partial charge is 0.399 e. The fourth-order valence-electron chi connectivity index (χ4n) is 4.76. The first-order chi connectivity index (χ1) is 19.3. The average Bonchev–Trinajstić information content (AvgIpc) is 3.52. The molecular weight excluding hydrogens is 517 g/mol. The fraction of sp³-hybridized carbons (Fsp3) is 0.500. The Morgan fingerprint density at radius 2 is 1.88 bits per heavy atom. The molecule has 0 spiro atoms. The molecule has 1 aromatic carbocycles. The van der Waals surface area contributed by atoms with E-state index in [0.29, 0.717) is 50.4 Å². The highest BCUT2D eigenvalue weighted by Gasteiger charge is 2.23. The monoisotopic (exact) mass is 555 g/mol. The van der Waals surface area contributed by atoms with Gasteiger partial charge in [-0.2, -0.15) is 4.39 Å². The van der Waals surface area contributed by atoms with Crippen LogP contribution in [0.15, 0.2) is 44.6 Å². The summed E-state index contributed by atoms with van der Waals surface area (Å²) in [7, 11) is 0. The number of nitrogens with one attached hydrogen (secondary N) is 1. The number of para-hydroxylation sites is 1. The molecule has 12 heteroatoms. The van der Waals surface area contributed by atoms with Crippen molar-refractivity contribution in [3.05, 3.63) is 74.3 Å². The number of fused-ring (bicyclic) bond motifs is 1. The van der Waals surface area contributed by atoms with Gasteiger partial charge in [0.25, 0.3) is 5.56 Å². The van der Waals surface area contributed by atoms with Crippen molar-refractivity contribution < 1.29 is 14.0 Å². The van der Waals surface area contributed by atoms with Crippen molar-refractivity contribution in [2.24, 2.45) is 0 Å². The highest BCUT2D eigenvalue weighted by Crippen LogP contribution is 2.19. The first-order valence-electron chi connectivity index (χ1n) is 13.9. The maximum absolute atomic E-state index is 14.2. The maximum Gasteiger partial charge on any atom is 0.332 e. The summed E-state index contributed by atoms with van der Waals surface area (Å²) in [6, 6.07) is 6.63. The molecule has 0 saturated heterocycles. The number of aliphatic hydroxyl groups excluding tert-OH is 1. The molecule has 0 aliphatic rings. The number of hydrogen-bond donors (Lipinski definition) is 3. The normalized spacial score (nSPS) is 12.4. The molecule has 0 amide bonds. The summed E-state index contributed by atoms with van der Waals surface area (Å²) >= 11 is 0. The zero-order chi connectivity index (χ0) is 28.6. The van der Waals surface area contributed by atoms with Crippen LogP contribution in [0.1, 0.15) is 56.5 Å². The summed E-state index contributed by atoms with van der Waals surface area (Å²) in [6.45, 7) is 5.64. The van der Waals surface area contributed by atoms with E-state index in [1.165, 1.54) is 15.3 Å². The molecule has 3 aromatic heterocycles. The van der Waals surface area contributed by atoms with Gasteiger partial charge in [0.05, 0.1) is 17.9 Å². The van der Waals surface area contributed by atoms with Gasteiger partial charge in [0.1, 0.15) is 5.82 Å². The predicted octanol–water partition coefficient (Wildman–Crippen LogP) is 2.45. The first-order valence-corrected chi connectivity index (χ1v) is 13.9. The summed E-state index contributed by atoms with van der Waals surface area (Å²) in [5, 5.41) is 16.6. The van der Waals surface area contributed by atoms with Gasteiger partial charge in [-0.3, -0.25) is 13.9 Å². The molecule has 0 saturated carbocycles. The van der Waals surface area contributed by atoms with Gasteiger partial charge in [-0.25, -0.2) is 9.78 Å². The third-order valence-electron chi connectivity index (χ3n) is 7.14. The van der Waals surface area contributed by atoms with Crippen LogP contribution < -0.4 is 22.3 Å². The van der Waals surface area contributed by atoms with Crippen LogP contribution in [0.3, 0.4) is 0 Å². The molecule has 1 atom stereocenters. The second-order valence-electron chi connectivity index (χ2n) is 9.97. The van der Waals surface area contributed by atoms with Crippen molar-refractivity contribution in [3.63, 3.8) is 0 Å². The average molecular weight is 556 g/mol. The zero-order valence-electron chi connectivity index (χ0n) is 23.1. The zero-order valence-corrected chi connectivity index (χ0v) is 23.1. The highest BCUT2D eigenvalue weighted by molar-refractivity contribution is 5.71. The molecule has 216 valence electrons. The Morgan fingerprint density at radius 3 is 2.58 bits per heavy atom. The van der Waals surface area contributed by atoms with Crippen LogP contribution in [0.5, 0.6) is 0 Å². The van der Waals surface area contributed by atoms with Crippen molar-refractivity contribution in [1.29, 1.82) is 0 Å². The Balaban J connectivity index is 1.82. The third kappa shape index (κ3) is 6.50. The molecule has 0 radical (unpaired) electrons. The van der Waals surface area contributed by atoms with E-state index < -0.39 is 23.4 Å². The number of anilines is 1. The van der Waals surface area contributed by atoms with E-state index in [1.807, 2.05) is 31.2 Å². The molecule has 0 aliphatic carbocycles. The number of hydrogen-bond acceptors (Lipinski definition) is 8. The van der Waals surface area contributed by atoms with E-state index in [9.17, 15) is 19.1 Å². The lowest BCUT2D eigenvalue weighted by Crippen LogP contribution is -2.41. The smallest absolute Gasteiger partial charge is 0.332 e. The van der Waals surface area contributed by atoms with E-state index in [4.69, 9.17) is 10.7 Å². The Kier molecular flexibility index (Phi) is 9.88. The van der Waals surface area contributed by atoms with Crippen LogP contribution in [0.2, 0.25) is 0 Å². The molecule has 0 bridgehead atoms. The highest BCUT2D eigenvalue weighted by atomic mass is 19.1. The lowest BCUT2D eigenvalue weighted by atomic mass is 10.1. The van der Waals surface area contributed by atoms with Crippen LogP contribution in [0.25, 0.3) is 11.2 Å². The number of rotatable bonds is 15. The summed E-state index contributed by atoms with van der Waals surface area (Å²) < 4.78 is 23.4. The molecule has 4 rings (SSSR count). The van der Waals surface area contributed by atoms with Gasteiger partial charge < -0.3 is 25.2 Å². The van der Waals surface area contributed by atoms with Crippen LogP contribution >= 0.6 is 0 Å². The Bertz CT molecular complexity index is 1540. The molecule has 1 unspecified atom stereocenters. The fourth-order valence-corrected chi connectivity index (χ4v) is 4.76. The van der Waals surface area contributed by atoms with Crippen LogP contribution in [-0.4, -0.2) is 48.1 Å². The van der Waals surface area contributed by atoms with Crippen molar-refractivity contribution in [2.75, 3.05) is 18.8 Å². The molecule has 4 aromatic rings. The molecule has 3 heterocycles. The minimum atomic E-state index is -0.822. The second-order valence-corrected chi connectivity index (χ2v) is 9.97. The number of nitrogens with zero attached hydrogens (tertiary/aromatic N) is 5. The van der Waals surface area contributed by atoms with Gasteiger partial charge in [-0.05, 0) is 30.9 Å². The van der Waals surface area contributed by atoms with Crippen molar-refractivity contribution in [3.8, 4) is 0 Å². The summed E-state index contributed by atoms with van der Waals surface area (Å²) in [5.41, 5.74) is 7.52. The quantitative estimate of drug-likeness (QED) is 0.150. The number of aromatic nitrogens is 5. The SMILES string of the molecule is CCCCCn1c(=O)c2c(nc(Cc3cnoc3F)n2CCNCC(O)CC)n(CCc2ccccc2N)c1=O. The number of aliphatic hydroxyl groups is 1. The van der Waals surface area contributed by atoms with E-state index in [1.54, 1.807) is 4.57 Å². The summed E-state index contributed by atoms with van der Waals surface area (Å²) in [4.78, 5) is 32.2. The number of halogens is 1. The van der Waals surface area contributed by atoms with E-state index in [2.05, 4.69) is 21.9 Å². The first kappa shape index (κ1) is 29.2. The van der Waals surface area contributed by atoms with E-state index in [0.717, 1.165) is 18.4 Å². The minimum Gasteiger partial charge on any atom is -0.399 e. The van der Waals surface area contributed by atoms with Gasteiger partial charge in [-0.15, -0.1) is 0 Å². The standard InChI is InChI=1S/C28H38FN7O4/c1-3-5-8-13-36-27(38)24-26(35(28(36)39)14-11-19-9-6-7-10-22(19)30)33-23(16-20-17-32-40-25(20)29)34(24)15-12-31-18-21(37)4-2/h6-7,9-10,17,21,31,37H,3-5,8,11-16,18,30H2,1-2H3. The number of benzene rings is 1. The summed E-state index contributed by atoms with van der Waals surface area (Å²) in [5.74, 6) is 0.408. The Labute approximate surface area is 231 Å². The van der Waals surface area contributed by atoms with Crippen LogP contribution in [0.4, 0.5) is 10.1 Å². The van der Waals surface area contributed by atoms with Gasteiger partial charge in [0.15, 0.2) is 11.2 Å². The maximum atomic E-state index is 14.2. The molecule has 11 nitrogen and oxygen atoms in total. The lowest BCUT2D eigenvalue weighted by Gasteiger charge is -2.14. The number of nitrogen functional groups attached to an aromatic ring is 1. The van der Waals surface area contributed by atoms with Gasteiger partial charge in [0, 0.05) is 44.8 Å². The number of nitrogens with two attached hydrogens (primary N) is 1. The molecular formula is C28H38FN7O4. The molecule has 0 fully saturated rings. The number of unbranched alkanes of at least 4 members (excludes halogenated alkanes) is 2. The second kappa shape index (κ2) is 13.5. The molecule has 40 heavy (non-hydrogen) atoms. The number of imidazole rings is 1. The topological polar surface area (TPSA) is 146 Å². The predicted molar refractivity (Wildman–Crippen MR) is 151 cm³/mol. The van der Waals surface area contributed by atoms with Crippen molar-refractivity contribution >= 4 is 16.9 Å². The molecule has 0 aliphatic heterocycles.